The van der Waals surface area contributed by atoms with Gasteiger partial charge in [-0.3, -0.25) is 9.52 Å². The molecule has 0 radical (unpaired) electrons. The highest BCUT2D eigenvalue weighted by atomic mass is 35.5. The molecule has 0 saturated heterocycles. The lowest BCUT2D eigenvalue weighted by molar-refractivity contribution is -0.115. The molecule has 8 heteroatoms. The van der Waals surface area contributed by atoms with E-state index in [0.29, 0.717) is 22.8 Å². The topological polar surface area (TPSA) is 75.3 Å². The molecule has 168 valence electrons. The van der Waals surface area contributed by atoms with Gasteiger partial charge in [-0.2, -0.15) is 0 Å². The molecule has 3 aromatic carbocycles. The Hall–Kier alpha value is -2.48. The van der Waals surface area contributed by atoms with Gasteiger partial charge in [-0.1, -0.05) is 36.7 Å². The molecule has 3 rings (SSSR count). The van der Waals surface area contributed by atoms with Crippen LogP contribution < -0.4 is 10.0 Å². The van der Waals surface area contributed by atoms with Crippen molar-refractivity contribution in [3.8, 4) is 0 Å². The van der Waals surface area contributed by atoms with Gasteiger partial charge in [0, 0.05) is 15.6 Å². The van der Waals surface area contributed by atoms with Crippen LogP contribution in [0.1, 0.15) is 24.5 Å². The van der Waals surface area contributed by atoms with Crippen molar-refractivity contribution in [1.29, 1.82) is 0 Å². The molecule has 0 saturated carbocycles. The molecule has 0 unspecified atom stereocenters. The van der Waals surface area contributed by atoms with E-state index in [1.807, 2.05) is 51.1 Å². The van der Waals surface area contributed by atoms with E-state index in [9.17, 15) is 13.2 Å². The van der Waals surface area contributed by atoms with E-state index in [0.717, 1.165) is 16.0 Å². The first-order chi connectivity index (χ1) is 15.2. The monoisotopic (exact) mass is 488 g/mol. The molecule has 0 heterocycles. The van der Waals surface area contributed by atoms with Crippen molar-refractivity contribution in [2.75, 3.05) is 10.0 Å². The van der Waals surface area contributed by atoms with E-state index in [1.54, 1.807) is 24.3 Å². The number of amides is 1. The summed E-state index contributed by atoms with van der Waals surface area (Å²) in [7, 11) is -3.75. The zero-order chi connectivity index (χ0) is 23.3. The first kappa shape index (κ1) is 24.2. The summed E-state index contributed by atoms with van der Waals surface area (Å²) in [6.07, 6.45) is 0.644. The number of sulfonamides is 1. The third-order valence-electron chi connectivity index (χ3n) is 4.90. The number of halogens is 1. The Kier molecular flexibility index (Phi) is 7.87. The molecule has 5 nitrogen and oxygen atoms in total. The second kappa shape index (κ2) is 10.4. The van der Waals surface area contributed by atoms with Crippen molar-refractivity contribution in [2.45, 2.75) is 42.2 Å². The number of nitrogens with one attached hydrogen (secondary N) is 2. The standard InChI is InChI=1S/C24H25ClN2O3S2/c1-4-22(31-20-12-8-18(25)9-13-20)24(28)26-19-10-14-21(15-11-19)32(29,30)27-23-16(2)6-5-7-17(23)3/h5-15,22,27H,4H2,1-3H3,(H,26,28)/t22-/m1/s1. The van der Waals surface area contributed by atoms with Crippen molar-refractivity contribution >= 4 is 50.7 Å². The summed E-state index contributed by atoms with van der Waals surface area (Å²) >= 11 is 7.38. The number of hydrogen-bond donors (Lipinski definition) is 2. The maximum Gasteiger partial charge on any atom is 0.261 e. The average Bonchev–Trinajstić information content (AvgIpc) is 2.76. The van der Waals surface area contributed by atoms with Crippen LogP contribution in [-0.2, 0) is 14.8 Å². The Morgan fingerprint density at radius 2 is 1.56 bits per heavy atom. The van der Waals surface area contributed by atoms with Crippen LogP contribution in [-0.4, -0.2) is 19.6 Å². The molecule has 0 fully saturated rings. The van der Waals surface area contributed by atoms with Crippen molar-refractivity contribution in [2.24, 2.45) is 0 Å². The van der Waals surface area contributed by atoms with Crippen molar-refractivity contribution in [3.63, 3.8) is 0 Å². The van der Waals surface area contributed by atoms with Gasteiger partial charge in [0.2, 0.25) is 5.91 Å². The Morgan fingerprint density at radius 1 is 0.969 bits per heavy atom. The van der Waals surface area contributed by atoms with Gasteiger partial charge in [-0.25, -0.2) is 8.42 Å². The van der Waals surface area contributed by atoms with Crippen molar-refractivity contribution < 1.29 is 13.2 Å². The predicted molar refractivity (Wildman–Crippen MR) is 133 cm³/mol. The molecule has 0 spiro atoms. The number of thioether (sulfide) groups is 1. The Morgan fingerprint density at radius 3 is 2.12 bits per heavy atom. The molecule has 1 atom stereocenters. The highest BCUT2D eigenvalue weighted by Crippen LogP contribution is 2.28. The van der Waals surface area contributed by atoms with Gasteiger partial charge >= 0.3 is 0 Å². The van der Waals surface area contributed by atoms with Gasteiger partial charge < -0.3 is 5.32 Å². The Labute approximate surface area is 198 Å². The minimum atomic E-state index is -3.75. The molecule has 0 aliphatic carbocycles. The van der Waals surface area contributed by atoms with E-state index in [4.69, 9.17) is 11.6 Å². The average molecular weight is 489 g/mol. The first-order valence-electron chi connectivity index (χ1n) is 10.1. The largest absolute Gasteiger partial charge is 0.325 e. The Balaban J connectivity index is 1.69. The number of anilines is 2. The lowest BCUT2D eigenvalue weighted by Crippen LogP contribution is -2.24. The summed E-state index contributed by atoms with van der Waals surface area (Å²) < 4.78 is 28.3. The number of aryl methyl sites for hydroxylation is 2. The van der Waals surface area contributed by atoms with Crippen LogP contribution in [0.3, 0.4) is 0 Å². The SMILES string of the molecule is CC[C@@H](Sc1ccc(Cl)cc1)C(=O)Nc1ccc(S(=O)(=O)Nc2c(C)cccc2C)cc1. The molecule has 0 bridgehead atoms. The van der Waals surface area contributed by atoms with Gasteiger partial charge in [-0.05, 0) is 79.9 Å². The van der Waals surface area contributed by atoms with E-state index in [2.05, 4.69) is 10.0 Å². The molecule has 1 amide bonds. The fraction of sp³-hybridized carbons (Fsp3) is 0.208. The lowest BCUT2D eigenvalue weighted by Gasteiger charge is -2.16. The number of hydrogen-bond acceptors (Lipinski definition) is 4. The summed E-state index contributed by atoms with van der Waals surface area (Å²) in [6.45, 7) is 5.66. The van der Waals surface area contributed by atoms with Crippen molar-refractivity contribution in [1.82, 2.24) is 0 Å². The third-order valence-corrected chi connectivity index (χ3v) is 7.90. The van der Waals surface area contributed by atoms with Gasteiger partial charge in [0.25, 0.3) is 10.0 Å². The number of para-hydroxylation sites is 1. The molecule has 0 aromatic heterocycles. The van der Waals surface area contributed by atoms with Crippen LogP contribution in [0.4, 0.5) is 11.4 Å². The number of carbonyl (C=O) groups excluding carboxylic acids is 1. The van der Waals surface area contributed by atoms with Crippen LogP contribution in [0.15, 0.2) is 76.5 Å². The van der Waals surface area contributed by atoms with E-state index in [-0.39, 0.29) is 16.1 Å². The smallest absolute Gasteiger partial charge is 0.261 e. The first-order valence-corrected chi connectivity index (χ1v) is 12.9. The van der Waals surface area contributed by atoms with Gasteiger partial charge in [0.1, 0.15) is 0 Å². The van der Waals surface area contributed by atoms with Gasteiger partial charge in [-0.15, -0.1) is 11.8 Å². The third kappa shape index (κ3) is 6.06. The maximum absolute atomic E-state index is 12.8. The highest BCUT2D eigenvalue weighted by Gasteiger charge is 2.20. The molecule has 0 aliphatic heterocycles. The summed E-state index contributed by atoms with van der Waals surface area (Å²) in [5.74, 6) is -0.142. The number of carbonyl (C=O) groups is 1. The lowest BCUT2D eigenvalue weighted by atomic mass is 10.1. The van der Waals surface area contributed by atoms with Crippen molar-refractivity contribution in [3.05, 3.63) is 82.9 Å². The van der Waals surface area contributed by atoms with Crippen LogP contribution >= 0.6 is 23.4 Å². The normalized spacial score (nSPS) is 12.2. The summed E-state index contributed by atoms with van der Waals surface area (Å²) in [5.41, 5.74) is 2.81. The fourth-order valence-corrected chi connectivity index (χ4v) is 5.39. The summed E-state index contributed by atoms with van der Waals surface area (Å²) in [6, 6.07) is 19.1. The molecule has 2 N–H and O–H groups in total. The highest BCUT2D eigenvalue weighted by molar-refractivity contribution is 8.00. The van der Waals surface area contributed by atoms with Crippen LogP contribution in [0.5, 0.6) is 0 Å². The predicted octanol–water partition coefficient (Wildman–Crippen LogP) is 6.27. The Bertz CT molecular complexity index is 1170. The minimum Gasteiger partial charge on any atom is -0.325 e. The zero-order valence-corrected chi connectivity index (χ0v) is 20.4. The molecule has 0 aliphatic rings. The van der Waals surface area contributed by atoms with Crippen LogP contribution in [0.2, 0.25) is 5.02 Å². The second-order valence-corrected chi connectivity index (χ2v) is 10.7. The fourth-order valence-electron chi connectivity index (χ4n) is 3.11. The van der Waals surface area contributed by atoms with E-state index in [1.165, 1.54) is 23.9 Å². The molecule has 32 heavy (non-hydrogen) atoms. The summed E-state index contributed by atoms with van der Waals surface area (Å²) in [5, 5.41) is 3.23. The zero-order valence-electron chi connectivity index (χ0n) is 18.1. The van der Waals surface area contributed by atoms with Crippen LogP contribution in [0, 0.1) is 13.8 Å². The van der Waals surface area contributed by atoms with E-state index < -0.39 is 10.0 Å². The number of benzene rings is 3. The number of rotatable bonds is 8. The minimum absolute atomic E-state index is 0.126. The molecular weight excluding hydrogens is 464 g/mol. The quantitative estimate of drug-likeness (QED) is 0.366. The maximum atomic E-state index is 12.8. The summed E-state index contributed by atoms with van der Waals surface area (Å²) in [4.78, 5) is 13.8. The second-order valence-electron chi connectivity index (χ2n) is 7.35. The molecule has 3 aromatic rings. The van der Waals surface area contributed by atoms with Gasteiger partial charge in [0.05, 0.1) is 15.8 Å². The molecular formula is C24H25ClN2O3S2. The van der Waals surface area contributed by atoms with Crippen LogP contribution in [0.25, 0.3) is 0 Å². The van der Waals surface area contributed by atoms with E-state index >= 15 is 0 Å². The van der Waals surface area contributed by atoms with Gasteiger partial charge in [0.15, 0.2) is 0 Å².